The smallest absolute Gasteiger partial charge is 0.326 e. The van der Waals surface area contributed by atoms with Gasteiger partial charge < -0.3 is 15.0 Å². The number of nitrogens with zero attached hydrogens (tertiary/aromatic N) is 2. The topological polar surface area (TPSA) is 84.2 Å². The molecular weight excluding hydrogens is 402 g/mol. The lowest BCUT2D eigenvalue weighted by Gasteiger charge is -2.19. The molecule has 0 spiro atoms. The van der Waals surface area contributed by atoms with Crippen molar-refractivity contribution in [2.75, 3.05) is 0 Å². The summed E-state index contributed by atoms with van der Waals surface area (Å²) in [6.07, 6.45) is 3.07. The average molecular weight is 436 g/mol. The summed E-state index contributed by atoms with van der Waals surface area (Å²) < 4.78 is 2.29. The minimum absolute atomic E-state index is 0.162. The number of amides is 1. The van der Waals surface area contributed by atoms with Crippen LogP contribution < -0.4 is 5.32 Å². The van der Waals surface area contributed by atoms with Crippen molar-refractivity contribution in [2.45, 2.75) is 65.5 Å². The maximum atomic E-state index is 12.8. The Morgan fingerprint density at radius 1 is 1.06 bits per heavy atom. The number of aliphatic carboxylic acids is 1. The maximum Gasteiger partial charge on any atom is 0.326 e. The monoisotopic (exact) mass is 435 g/mol. The van der Waals surface area contributed by atoms with Gasteiger partial charge in [-0.25, -0.2) is 9.78 Å². The number of fused-ring (bicyclic) bond motifs is 1. The summed E-state index contributed by atoms with van der Waals surface area (Å²) in [5.41, 5.74) is 3.36. The van der Waals surface area contributed by atoms with Crippen molar-refractivity contribution < 1.29 is 14.7 Å². The lowest BCUT2D eigenvalue weighted by Crippen LogP contribution is -2.41. The van der Waals surface area contributed by atoms with Gasteiger partial charge in [-0.1, -0.05) is 58.0 Å². The zero-order valence-corrected chi connectivity index (χ0v) is 19.3. The fraction of sp³-hybridized carbons (Fsp3) is 0.423. The van der Waals surface area contributed by atoms with Gasteiger partial charge in [0.15, 0.2) is 0 Å². The predicted octanol–water partition coefficient (Wildman–Crippen LogP) is 5.22. The highest BCUT2D eigenvalue weighted by molar-refractivity contribution is 5.99. The number of hydrogen-bond acceptors (Lipinski definition) is 3. The normalized spacial score (nSPS) is 12.4. The van der Waals surface area contributed by atoms with Crippen LogP contribution in [0.2, 0.25) is 0 Å². The van der Waals surface area contributed by atoms with Crippen LogP contribution in [0.5, 0.6) is 0 Å². The number of hydrogen-bond donors (Lipinski definition) is 2. The summed E-state index contributed by atoms with van der Waals surface area (Å²) >= 11 is 0. The van der Waals surface area contributed by atoms with Gasteiger partial charge in [-0.05, 0) is 48.9 Å². The molecule has 0 aliphatic rings. The lowest BCUT2D eigenvalue weighted by molar-refractivity contribution is -0.139. The first-order chi connectivity index (χ1) is 15.3. The second-order valence-electron chi connectivity index (χ2n) is 8.73. The van der Waals surface area contributed by atoms with Gasteiger partial charge in [-0.3, -0.25) is 4.79 Å². The predicted molar refractivity (Wildman–Crippen MR) is 127 cm³/mol. The summed E-state index contributed by atoms with van der Waals surface area (Å²) in [4.78, 5) is 29.2. The van der Waals surface area contributed by atoms with Crippen LogP contribution in [-0.2, 0) is 11.2 Å². The van der Waals surface area contributed by atoms with E-state index in [0.29, 0.717) is 24.4 Å². The van der Waals surface area contributed by atoms with E-state index in [-0.39, 0.29) is 11.8 Å². The minimum Gasteiger partial charge on any atom is -0.480 e. The summed E-state index contributed by atoms with van der Waals surface area (Å²) in [6, 6.07) is 15.1. The largest absolute Gasteiger partial charge is 0.480 e. The highest BCUT2D eigenvalue weighted by Crippen LogP contribution is 2.27. The Bertz CT molecular complexity index is 1070. The van der Waals surface area contributed by atoms with Crippen molar-refractivity contribution >= 4 is 22.9 Å². The molecule has 6 nitrogen and oxygen atoms in total. The first-order valence-corrected chi connectivity index (χ1v) is 11.4. The van der Waals surface area contributed by atoms with Crippen LogP contribution in [0.15, 0.2) is 48.5 Å². The molecule has 1 atom stereocenters. The highest BCUT2D eigenvalue weighted by atomic mass is 16.4. The Morgan fingerprint density at radius 2 is 1.75 bits per heavy atom. The van der Waals surface area contributed by atoms with Crippen LogP contribution in [0, 0.1) is 5.92 Å². The highest BCUT2D eigenvalue weighted by Gasteiger charge is 2.23. The Hall–Kier alpha value is -3.15. The van der Waals surface area contributed by atoms with Gasteiger partial charge >= 0.3 is 5.97 Å². The number of carbonyl (C=O) groups excluding carboxylic acids is 1. The van der Waals surface area contributed by atoms with Crippen LogP contribution in [0.1, 0.15) is 74.7 Å². The van der Waals surface area contributed by atoms with Crippen molar-refractivity contribution in [1.29, 1.82) is 0 Å². The molecule has 0 saturated carbocycles. The molecule has 0 bridgehead atoms. The van der Waals surface area contributed by atoms with Crippen LogP contribution in [-0.4, -0.2) is 32.6 Å². The van der Waals surface area contributed by atoms with Crippen molar-refractivity contribution in [1.82, 2.24) is 14.9 Å². The SMILES string of the molecule is CCC(CC)n1c(Cc2ccccc2)nc2cc(C(=O)N[C@@H](CC(C)C)C(=O)O)ccc21. The van der Waals surface area contributed by atoms with Crippen LogP contribution >= 0.6 is 0 Å². The summed E-state index contributed by atoms with van der Waals surface area (Å²) in [5, 5.41) is 12.1. The van der Waals surface area contributed by atoms with Gasteiger partial charge in [0.05, 0.1) is 11.0 Å². The molecule has 2 N–H and O–H groups in total. The van der Waals surface area contributed by atoms with Crippen molar-refractivity contribution in [2.24, 2.45) is 5.92 Å². The lowest BCUT2D eigenvalue weighted by atomic mass is 10.0. The van der Waals surface area contributed by atoms with E-state index < -0.39 is 12.0 Å². The van der Waals surface area contributed by atoms with Gasteiger partial charge in [-0.2, -0.15) is 0 Å². The number of imidazole rings is 1. The average Bonchev–Trinajstić information content (AvgIpc) is 3.11. The third kappa shape index (κ3) is 5.36. The van der Waals surface area contributed by atoms with Crippen LogP contribution in [0.25, 0.3) is 11.0 Å². The quantitative estimate of drug-likeness (QED) is 0.457. The summed E-state index contributed by atoms with van der Waals surface area (Å²) in [5.74, 6) is -0.270. The molecule has 1 heterocycles. The van der Waals surface area contributed by atoms with Crippen molar-refractivity contribution in [3.63, 3.8) is 0 Å². The zero-order chi connectivity index (χ0) is 23.3. The third-order valence-corrected chi connectivity index (χ3v) is 5.85. The van der Waals surface area contributed by atoms with E-state index in [1.54, 1.807) is 12.1 Å². The number of aromatic nitrogens is 2. The standard InChI is InChI=1S/C26H33N3O3/c1-5-20(6-2)29-23-13-12-19(25(30)28-22(26(31)32)14-17(3)4)16-21(23)27-24(29)15-18-10-8-7-9-11-18/h7-13,16-17,20,22H,5-6,14-15H2,1-4H3,(H,28,30)(H,31,32)/t22-/m0/s1. The van der Waals surface area contributed by atoms with E-state index in [4.69, 9.17) is 4.98 Å². The first-order valence-electron chi connectivity index (χ1n) is 11.4. The minimum atomic E-state index is -1.02. The van der Waals surface area contributed by atoms with Crippen LogP contribution in [0.3, 0.4) is 0 Å². The van der Waals surface area contributed by atoms with E-state index in [9.17, 15) is 14.7 Å². The van der Waals surface area contributed by atoms with E-state index in [1.165, 1.54) is 5.56 Å². The fourth-order valence-electron chi connectivity index (χ4n) is 4.19. The second-order valence-corrected chi connectivity index (χ2v) is 8.73. The van der Waals surface area contributed by atoms with Gasteiger partial charge in [0, 0.05) is 18.0 Å². The first kappa shape index (κ1) is 23.5. The molecule has 2 aromatic carbocycles. The van der Waals surface area contributed by atoms with E-state index >= 15 is 0 Å². The Morgan fingerprint density at radius 3 is 2.34 bits per heavy atom. The molecule has 170 valence electrons. The van der Waals surface area contributed by atoms with Gasteiger partial charge in [0.25, 0.3) is 5.91 Å². The summed E-state index contributed by atoms with van der Waals surface area (Å²) in [7, 11) is 0. The molecule has 0 aliphatic heterocycles. The Labute approximate surface area is 189 Å². The maximum absolute atomic E-state index is 12.8. The molecule has 6 heteroatoms. The number of rotatable bonds is 10. The molecule has 0 radical (unpaired) electrons. The second kappa shape index (κ2) is 10.4. The van der Waals surface area contributed by atoms with Crippen molar-refractivity contribution in [3.05, 3.63) is 65.5 Å². The molecule has 0 aliphatic carbocycles. The molecule has 0 unspecified atom stereocenters. The van der Waals surface area contributed by atoms with Crippen LogP contribution in [0.4, 0.5) is 0 Å². The molecule has 3 aromatic rings. The molecule has 1 amide bonds. The number of carboxylic acid groups (broad SMARTS) is 1. The van der Waals surface area contributed by atoms with Gasteiger partial charge in [0.2, 0.25) is 0 Å². The number of nitrogens with one attached hydrogen (secondary N) is 1. The third-order valence-electron chi connectivity index (χ3n) is 5.85. The Kier molecular flexibility index (Phi) is 7.67. The number of carbonyl (C=O) groups is 2. The number of carboxylic acids is 1. The van der Waals surface area contributed by atoms with Gasteiger partial charge in [0.1, 0.15) is 11.9 Å². The fourth-order valence-corrected chi connectivity index (χ4v) is 4.19. The molecular formula is C26H33N3O3. The van der Waals surface area contributed by atoms with Gasteiger partial charge in [-0.15, -0.1) is 0 Å². The molecule has 32 heavy (non-hydrogen) atoms. The number of benzene rings is 2. The van der Waals surface area contributed by atoms with E-state index in [2.05, 4.69) is 35.9 Å². The molecule has 0 saturated heterocycles. The Balaban J connectivity index is 1.97. The van der Waals surface area contributed by atoms with Crippen molar-refractivity contribution in [3.8, 4) is 0 Å². The van der Waals surface area contributed by atoms with E-state index in [1.807, 2.05) is 38.1 Å². The molecule has 0 fully saturated rings. The molecule has 3 rings (SSSR count). The summed E-state index contributed by atoms with van der Waals surface area (Å²) in [6.45, 7) is 8.23. The zero-order valence-electron chi connectivity index (χ0n) is 19.3. The molecule has 1 aromatic heterocycles. The van der Waals surface area contributed by atoms with E-state index in [0.717, 1.165) is 29.7 Å².